The maximum absolute atomic E-state index is 6.35. The molecule has 0 aromatic carbocycles. The number of nitrogens with two attached hydrogens (primary N) is 1. The largest absolute Gasteiger partial charge is 0.324 e. The van der Waals surface area contributed by atoms with Gasteiger partial charge in [-0.3, -0.25) is 9.88 Å². The van der Waals surface area contributed by atoms with Crippen LogP contribution in [0.1, 0.15) is 31.4 Å². The van der Waals surface area contributed by atoms with Crippen molar-refractivity contribution in [1.29, 1.82) is 0 Å². The van der Waals surface area contributed by atoms with Crippen molar-refractivity contribution >= 4 is 0 Å². The summed E-state index contributed by atoms with van der Waals surface area (Å²) in [6.45, 7) is 1.86. The molecule has 0 aliphatic heterocycles. The van der Waals surface area contributed by atoms with Gasteiger partial charge in [0.2, 0.25) is 0 Å². The number of hydrogen-bond donors (Lipinski definition) is 1. The first-order chi connectivity index (χ1) is 7.68. The highest BCUT2D eigenvalue weighted by Crippen LogP contribution is 2.27. The molecule has 0 amide bonds. The van der Waals surface area contributed by atoms with E-state index >= 15 is 0 Å². The van der Waals surface area contributed by atoms with Gasteiger partial charge in [0.1, 0.15) is 0 Å². The Hall–Kier alpha value is -0.930. The summed E-state index contributed by atoms with van der Waals surface area (Å²) < 4.78 is 0. The fourth-order valence-electron chi connectivity index (χ4n) is 2.60. The fraction of sp³-hybridized carbons (Fsp3) is 0.615. The van der Waals surface area contributed by atoms with Gasteiger partial charge in [-0.25, -0.2) is 0 Å². The monoisotopic (exact) mass is 219 g/mol. The molecular formula is C13H21N3. The number of hydrogen-bond acceptors (Lipinski definition) is 3. The smallest absolute Gasteiger partial charge is 0.0543 e. The first kappa shape index (κ1) is 11.6. The average molecular weight is 219 g/mol. The number of aromatic nitrogens is 1. The predicted octanol–water partition coefficient (Wildman–Crippen LogP) is 1.78. The maximum Gasteiger partial charge on any atom is 0.0543 e. The van der Waals surface area contributed by atoms with Gasteiger partial charge in [0.25, 0.3) is 0 Å². The molecule has 1 fully saturated rings. The van der Waals surface area contributed by atoms with E-state index in [4.69, 9.17) is 5.73 Å². The molecule has 0 unspecified atom stereocenters. The van der Waals surface area contributed by atoms with E-state index in [-0.39, 0.29) is 5.54 Å². The number of rotatable bonds is 4. The lowest BCUT2D eigenvalue weighted by Crippen LogP contribution is -2.46. The van der Waals surface area contributed by atoms with Crippen LogP contribution in [0.2, 0.25) is 0 Å². The molecule has 1 aliphatic carbocycles. The summed E-state index contributed by atoms with van der Waals surface area (Å²) in [4.78, 5) is 6.62. The molecule has 2 rings (SSSR count). The molecule has 0 saturated heterocycles. The number of pyridine rings is 1. The molecule has 1 aromatic heterocycles. The van der Waals surface area contributed by atoms with Gasteiger partial charge in [-0.1, -0.05) is 18.9 Å². The van der Waals surface area contributed by atoms with Gasteiger partial charge in [0, 0.05) is 24.8 Å². The van der Waals surface area contributed by atoms with Gasteiger partial charge in [-0.15, -0.1) is 0 Å². The first-order valence-electron chi connectivity index (χ1n) is 6.05. The second-order valence-corrected chi connectivity index (χ2v) is 5.06. The van der Waals surface area contributed by atoms with E-state index in [9.17, 15) is 0 Å². The summed E-state index contributed by atoms with van der Waals surface area (Å²) in [7, 11) is 2.13. The predicted molar refractivity (Wildman–Crippen MR) is 66.0 cm³/mol. The van der Waals surface area contributed by atoms with Crippen molar-refractivity contribution in [1.82, 2.24) is 9.88 Å². The van der Waals surface area contributed by atoms with Crippen LogP contribution in [0.5, 0.6) is 0 Å². The highest BCUT2D eigenvalue weighted by Gasteiger charge is 2.30. The Morgan fingerprint density at radius 2 is 2.12 bits per heavy atom. The molecule has 16 heavy (non-hydrogen) atoms. The minimum Gasteiger partial charge on any atom is -0.324 e. The highest BCUT2D eigenvalue weighted by molar-refractivity contribution is 5.03. The summed E-state index contributed by atoms with van der Waals surface area (Å²) in [5, 5.41) is 0. The lowest BCUT2D eigenvalue weighted by atomic mass is 9.99. The quantitative estimate of drug-likeness (QED) is 0.839. The number of nitrogens with zero attached hydrogens (tertiary/aromatic N) is 2. The second-order valence-electron chi connectivity index (χ2n) is 5.06. The lowest BCUT2D eigenvalue weighted by molar-refractivity contribution is 0.239. The molecule has 1 aromatic rings. The third-order valence-electron chi connectivity index (χ3n) is 3.34. The zero-order chi connectivity index (χ0) is 11.4. The maximum atomic E-state index is 6.35. The number of likely N-dealkylation sites (N-methyl/N-ethyl adjacent to an activating group) is 1. The summed E-state index contributed by atoms with van der Waals surface area (Å²) in [6.07, 6.45) is 6.75. The lowest BCUT2D eigenvalue weighted by Gasteiger charge is -2.29. The van der Waals surface area contributed by atoms with E-state index in [1.165, 1.54) is 25.7 Å². The standard InChI is InChI=1S/C13H21N3/c1-16(10-12-6-2-5-9-15-12)11-13(14)7-3-4-8-13/h2,5-6,9H,3-4,7-8,10-11,14H2,1H3. The van der Waals surface area contributed by atoms with Crippen LogP contribution < -0.4 is 5.73 Å². The van der Waals surface area contributed by atoms with E-state index in [0.29, 0.717) is 0 Å². The van der Waals surface area contributed by atoms with Crippen molar-refractivity contribution in [3.05, 3.63) is 30.1 Å². The zero-order valence-electron chi connectivity index (χ0n) is 10.0. The van der Waals surface area contributed by atoms with Gasteiger partial charge in [-0.2, -0.15) is 0 Å². The molecule has 0 radical (unpaired) electrons. The zero-order valence-corrected chi connectivity index (χ0v) is 10.0. The Balaban J connectivity index is 1.86. The van der Waals surface area contributed by atoms with Crippen molar-refractivity contribution in [2.45, 2.75) is 37.8 Å². The molecule has 88 valence electrons. The molecule has 3 nitrogen and oxygen atoms in total. The fourth-order valence-corrected chi connectivity index (χ4v) is 2.60. The molecular weight excluding hydrogens is 198 g/mol. The minimum atomic E-state index is 0.0452. The van der Waals surface area contributed by atoms with Gasteiger partial charge >= 0.3 is 0 Å². The first-order valence-corrected chi connectivity index (χ1v) is 6.05. The summed E-state index contributed by atoms with van der Waals surface area (Å²) in [6, 6.07) is 6.04. The van der Waals surface area contributed by atoms with Gasteiger partial charge in [0.05, 0.1) is 5.69 Å². The van der Waals surface area contributed by atoms with Gasteiger partial charge in [-0.05, 0) is 32.0 Å². The van der Waals surface area contributed by atoms with Crippen molar-refractivity contribution < 1.29 is 0 Å². The molecule has 1 saturated carbocycles. The molecule has 0 spiro atoms. The van der Waals surface area contributed by atoms with Crippen LogP contribution in [0, 0.1) is 0 Å². The van der Waals surface area contributed by atoms with Crippen molar-refractivity contribution in [3.63, 3.8) is 0 Å². The average Bonchev–Trinajstić information content (AvgIpc) is 2.66. The summed E-state index contributed by atoms with van der Waals surface area (Å²) in [5.41, 5.74) is 7.51. The van der Waals surface area contributed by atoms with Crippen LogP contribution in [-0.2, 0) is 6.54 Å². The molecule has 0 atom stereocenters. The third kappa shape index (κ3) is 3.03. The second kappa shape index (κ2) is 4.93. The summed E-state index contributed by atoms with van der Waals surface area (Å²) >= 11 is 0. The van der Waals surface area contributed by atoms with Crippen LogP contribution in [0.3, 0.4) is 0 Å². The van der Waals surface area contributed by atoms with E-state index in [2.05, 4.69) is 23.0 Å². The van der Waals surface area contributed by atoms with Crippen LogP contribution in [-0.4, -0.2) is 29.0 Å². The van der Waals surface area contributed by atoms with Crippen LogP contribution >= 0.6 is 0 Å². The van der Waals surface area contributed by atoms with Gasteiger partial charge in [0.15, 0.2) is 0 Å². The van der Waals surface area contributed by atoms with E-state index in [0.717, 1.165) is 18.8 Å². The van der Waals surface area contributed by atoms with Crippen molar-refractivity contribution in [2.24, 2.45) is 5.73 Å². The Morgan fingerprint density at radius 1 is 1.38 bits per heavy atom. The molecule has 2 N–H and O–H groups in total. The molecule has 3 heteroatoms. The van der Waals surface area contributed by atoms with E-state index in [1.807, 2.05) is 18.3 Å². The highest BCUT2D eigenvalue weighted by atomic mass is 15.1. The van der Waals surface area contributed by atoms with Gasteiger partial charge < -0.3 is 5.73 Å². The van der Waals surface area contributed by atoms with Crippen molar-refractivity contribution in [2.75, 3.05) is 13.6 Å². The summed E-state index contributed by atoms with van der Waals surface area (Å²) in [5.74, 6) is 0. The molecule has 1 aliphatic rings. The third-order valence-corrected chi connectivity index (χ3v) is 3.34. The Labute approximate surface area is 97.7 Å². The van der Waals surface area contributed by atoms with Crippen LogP contribution in [0.15, 0.2) is 24.4 Å². The Morgan fingerprint density at radius 3 is 2.75 bits per heavy atom. The molecule has 1 heterocycles. The minimum absolute atomic E-state index is 0.0452. The van der Waals surface area contributed by atoms with Crippen molar-refractivity contribution in [3.8, 4) is 0 Å². The Kier molecular flexibility index (Phi) is 3.56. The SMILES string of the molecule is CN(Cc1ccccn1)CC1(N)CCCC1. The van der Waals surface area contributed by atoms with E-state index in [1.54, 1.807) is 0 Å². The molecule has 0 bridgehead atoms. The van der Waals surface area contributed by atoms with E-state index < -0.39 is 0 Å². The Bertz CT molecular complexity index is 317. The van der Waals surface area contributed by atoms with Crippen LogP contribution in [0.4, 0.5) is 0 Å². The normalized spacial score (nSPS) is 19.2. The topological polar surface area (TPSA) is 42.2 Å². The van der Waals surface area contributed by atoms with Crippen LogP contribution in [0.25, 0.3) is 0 Å².